The molecule has 0 radical (unpaired) electrons. The normalized spacial score (nSPS) is 16.1. The summed E-state index contributed by atoms with van der Waals surface area (Å²) in [4.78, 5) is 0. The van der Waals surface area contributed by atoms with E-state index in [1.807, 2.05) is 18.2 Å². The second-order valence-electron chi connectivity index (χ2n) is 9.23. The van der Waals surface area contributed by atoms with Gasteiger partial charge in [-0.05, 0) is 74.8 Å². The van der Waals surface area contributed by atoms with Crippen LogP contribution in [0.25, 0.3) is 0 Å². The van der Waals surface area contributed by atoms with Crippen LogP contribution in [0.3, 0.4) is 0 Å². The van der Waals surface area contributed by atoms with Gasteiger partial charge < -0.3 is 24.6 Å². The molecule has 0 saturated heterocycles. The fourth-order valence-corrected chi connectivity index (χ4v) is 4.02. The summed E-state index contributed by atoms with van der Waals surface area (Å²) in [6.45, 7) is 7.21. The number of nitrogens with one attached hydrogen (secondary N) is 1. The number of ether oxygens (including phenoxy) is 3. The maximum absolute atomic E-state index is 10.6. The molecular formula is C26H37NO4. The Hall–Kier alpha value is -2.08. The minimum Gasteiger partial charge on any atom is -0.493 e. The highest BCUT2D eigenvalue weighted by molar-refractivity contribution is 5.43. The zero-order valence-electron chi connectivity index (χ0n) is 19.5. The van der Waals surface area contributed by atoms with Gasteiger partial charge in [-0.15, -0.1) is 0 Å². The third-order valence-electron chi connectivity index (χ3n) is 5.92. The molecule has 3 rings (SSSR count). The summed E-state index contributed by atoms with van der Waals surface area (Å²) in [6, 6.07) is 14.4. The molecular weight excluding hydrogens is 390 g/mol. The number of methoxy groups -OCH3 is 2. The van der Waals surface area contributed by atoms with E-state index in [0.717, 1.165) is 23.5 Å². The number of hydrogen-bond donors (Lipinski definition) is 2. The Balaban J connectivity index is 1.51. The van der Waals surface area contributed by atoms with Gasteiger partial charge in [0.25, 0.3) is 0 Å². The third-order valence-corrected chi connectivity index (χ3v) is 5.92. The molecule has 0 heterocycles. The molecule has 0 amide bonds. The van der Waals surface area contributed by atoms with Crippen molar-refractivity contribution in [1.29, 1.82) is 0 Å². The summed E-state index contributed by atoms with van der Waals surface area (Å²) in [7, 11) is 3.28. The molecule has 2 atom stereocenters. The van der Waals surface area contributed by atoms with E-state index in [-0.39, 0.29) is 11.6 Å². The lowest BCUT2D eigenvalue weighted by Crippen LogP contribution is -2.46. The second kappa shape index (κ2) is 10.5. The molecule has 1 saturated carbocycles. The fourth-order valence-electron chi connectivity index (χ4n) is 4.02. The molecule has 2 aromatic rings. The minimum atomic E-state index is -0.560. The predicted molar refractivity (Wildman–Crippen MR) is 124 cm³/mol. The molecule has 1 fully saturated rings. The number of aryl methyl sites for hydroxylation is 1. The molecule has 5 heteroatoms. The molecule has 2 N–H and O–H groups in total. The first-order chi connectivity index (χ1) is 14.8. The smallest absolute Gasteiger partial charge is 0.160 e. The van der Waals surface area contributed by atoms with Crippen molar-refractivity contribution in [3.63, 3.8) is 0 Å². The Morgan fingerprint density at radius 3 is 2.42 bits per heavy atom. The van der Waals surface area contributed by atoms with Crippen LogP contribution in [0.4, 0.5) is 0 Å². The van der Waals surface area contributed by atoms with Gasteiger partial charge in [-0.1, -0.05) is 30.3 Å². The van der Waals surface area contributed by atoms with Crippen LogP contribution in [0.15, 0.2) is 42.5 Å². The third kappa shape index (κ3) is 6.70. The van der Waals surface area contributed by atoms with Gasteiger partial charge in [0.1, 0.15) is 0 Å². The van der Waals surface area contributed by atoms with Crippen molar-refractivity contribution < 1.29 is 19.3 Å². The first-order valence-electron chi connectivity index (χ1n) is 11.1. The molecule has 2 aromatic carbocycles. The molecule has 0 aliphatic heterocycles. The van der Waals surface area contributed by atoms with Crippen molar-refractivity contribution in [3.8, 4) is 11.5 Å². The molecule has 0 spiro atoms. The number of rotatable bonds is 12. The molecule has 5 nitrogen and oxygen atoms in total. The number of benzene rings is 2. The van der Waals surface area contributed by atoms with Crippen LogP contribution in [-0.4, -0.2) is 44.1 Å². The Morgan fingerprint density at radius 2 is 1.77 bits per heavy atom. The molecule has 0 unspecified atom stereocenters. The largest absolute Gasteiger partial charge is 0.493 e. The van der Waals surface area contributed by atoms with Gasteiger partial charge in [-0.2, -0.15) is 0 Å². The van der Waals surface area contributed by atoms with Gasteiger partial charge in [0.15, 0.2) is 11.5 Å². The van der Waals surface area contributed by atoms with Crippen LogP contribution in [0.5, 0.6) is 11.5 Å². The van der Waals surface area contributed by atoms with Crippen molar-refractivity contribution in [1.82, 2.24) is 5.32 Å². The second-order valence-corrected chi connectivity index (χ2v) is 9.23. The Labute approximate surface area is 186 Å². The summed E-state index contributed by atoms with van der Waals surface area (Å²) in [5.41, 5.74) is 3.46. The maximum Gasteiger partial charge on any atom is 0.160 e. The van der Waals surface area contributed by atoms with E-state index in [0.29, 0.717) is 19.1 Å². The van der Waals surface area contributed by atoms with E-state index >= 15 is 0 Å². The monoisotopic (exact) mass is 427 g/mol. The maximum atomic E-state index is 10.6. The van der Waals surface area contributed by atoms with E-state index in [4.69, 9.17) is 14.2 Å². The van der Waals surface area contributed by atoms with Gasteiger partial charge in [0.05, 0.1) is 33.0 Å². The average molecular weight is 428 g/mol. The van der Waals surface area contributed by atoms with Crippen molar-refractivity contribution in [3.05, 3.63) is 59.2 Å². The Morgan fingerprint density at radius 1 is 1.06 bits per heavy atom. The minimum absolute atomic E-state index is 0.0793. The van der Waals surface area contributed by atoms with Gasteiger partial charge in [-0.3, -0.25) is 0 Å². The number of β-amino-alcohol motifs (C(OH)–C–C–N with tert-alkyl or cyclic N) is 1. The number of aliphatic hydroxyl groups is 1. The van der Waals surface area contributed by atoms with Gasteiger partial charge >= 0.3 is 0 Å². The number of hydrogen-bond acceptors (Lipinski definition) is 5. The van der Waals surface area contributed by atoms with Gasteiger partial charge in [-0.25, -0.2) is 0 Å². The topological polar surface area (TPSA) is 60.0 Å². The quantitative estimate of drug-likeness (QED) is 0.524. The van der Waals surface area contributed by atoms with E-state index < -0.39 is 6.10 Å². The predicted octanol–water partition coefficient (Wildman–Crippen LogP) is 4.45. The van der Waals surface area contributed by atoms with Gasteiger partial charge in [0.2, 0.25) is 0 Å². The summed E-state index contributed by atoms with van der Waals surface area (Å²) < 4.78 is 16.9. The lowest BCUT2D eigenvalue weighted by molar-refractivity contribution is -0.0213. The zero-order chi connectivity index (χ0) is 22.4. The molecule has 1 aliphatic carbocycles. The molecule has 0 bridgehead atoms. The van der Waals surface area contributed by atoms with E-state index in [9.17, 15) is 5.11 Å². The van der Waals surface area contributed by atoms with Crippen LogP contribution in [0, 0.1) is 12.8 Å². The van der Waals surface area contributed by atoms with Crippen molar-refractivity contribution >= 4 is 0 Å². The SMILES string of the molecule is COc1ccc(CC(C)(C)NC[C@@H](O)CO[C@@H](c2ccccc2C)C2CC2)cc1OC. The van der Waals surface area contributed by atoms with Crippen molar-refractivity contribution in [2.45, 2.75) is 57.8 Å². The highest BCUT2D eigenvalue weighted by Gasteiger charge is 2.34. The van der Waals surface area contributed by atoms with E-state index in [1.54, 1.807) is 14.2 Å². The Bertz CT molecular complexity index is 847. The van der Waals surface area contributed by atoms with Crippen LogP contribution in [0.2, 0.25) is 0 Å². The molecule has 31 heavy (non-hydrogen) atoms. The molecule has 0 aromatic heterocycles. The van der Waals surface area contributed by atoms with Crippen LogP contribution in [0.1, 0.15) is 49.5 Å². The highest BCUT2D eigenvalue weighted by atomic mass is 16.5. The van der Waals surface area contributed by atoms with Crippen LogP contribution < -0.4 is 14.8 Å². The molecule has 170 valence electrons. The van der Waals surface area contributed by atoms with Crippen LogP contribution >= 0.6 is 0 Å². The summed E-state index contributed by atoms with van der Waals surface area (Å²) in [6.07, 6.45) is 2.72. The van der Waals surface area contributed by atoms with Crippen molar-refractivity contribution in [2.75, 3.05) is 27.4 Å². The van der Waals surface area contributed by atoms with Crippen LogP contribution in [-0.2, 0) is 11.2 Å². The first-order valence-corrected chi connectivity index (χ1v) is 11.1. The zero-order valence-corrected chi connectivity index (χ0v) is 19.5. The summed E-state index contributed by atoms with van der Waals surface area (Å²) in [5.74, 6) is 2.03. The lowest BCUT2D eigenvalue weighted by Gasteiger charge is -2.29. The van der Waals surface area contributed by atoms with E-state index in [1.165, 1.54) is 24.0 Å². The number of aliphatic hydroxyl groups excluding tert-OH is 1. The Kier molecular flexibility index (Phi) is 7.98. The highest BCUT2D eigenvalue weighted by Crippen LogP contribution is 2.44. The van der Waals surface area contributed by atoms with E-state index in [2.05, 4.69) is 50.4 Å². The standard InChI is InChI=1S/C26H37NO4/c1-18-8-6-7-9-22(18)25(20-11-12-20)31-17-21(28)16-27-26(2,3)15-19-10-13-23(29-4)24(14-19)30-5/h6-10,13-14,20-21,25,27-28H,11-12,15-17H2,1-5H3/t21-,25-/m1/s1. The fraction of sp³-hybridized carbons (Fsp3) is 0.538. The summed E-state index contributed by atoms with van der Waals surface area (Å²) >= 11 is 0. The van der Waals surface area contributed by atoms with Gasteiger partial charge in [0, 0.05) is 12.1 Å². The lowest BCUT2D eigenvalue weighted by atomic mass is 9.94. The van der Waals surface area contributed by atoms with Crippen molar-refractivity contribution in [2.24, 2.45) is 5.92 Å². The first kappa shape index (κ1) is 23.6. The average Bonchev–Trinajstić information content (AvgIpc) is 3.58. The summed E-state index contributed by atoms with van der Waals surface area (Å²) in [5, 5.41) is 14.1. The molecule has 1 aliphatic rings.